The summed E-state index contributed by atoms with van der Waals surface area (Å²) in [5, 5.41) is 126. The van der Waals surface area contributed by atoms with Gasteiger partial charge in [0, 0.05) is 41.3 Å². The van der Waals surface area contributed by atoms with Gasteiger partial charge in [-0.1, -0.05) is 75.5 Å². The molecule has 2 fully saturated rings. The number of fused-ring (bicyclic) bond motifs is 15. The van der Waals surface area contributed by atoms with Crippen molar-refractivity contribution in [2.24, 2.45) is 17.4 Å². The lowest BCUT2D eigenvalue weighted by Gasteiger charge is -2.47. The van der Waals surface area contributed by atoms with E-state index < -0.39 is 237 Å². The van der Waals surface area contributed by atoms with E-state index in [1.165, 1.54) is 46.0 Å². The van der Waals surface area contributed by atoms with Gasteiger partial charge in [-0.05, 0) is 160 Å². The fourth-order valence-electron chi connectivity index (χ4n) is 14.7. The number of nitrogens with one attached hydrogen (secondary N) is 8. The smallest absolute Gasteiger partial charge is 0.412 e. The van der Waals surface area contributed by atoms with E-state index in [0.717, 1.165) is 91.1 Å². The zero-order valence-corrected chi connectivity index (χ0v) is 67.0. The van der Waals surface area contributed by atoms with Crippen LogP contribution in [0.3, 0.4) is 0 Å². The first kappa shape index (κ1) is 88.8. The number of aromatic hydroxyl groups is 2. The Hall–Kier alpha value is -11.0. The van der Waals surface area contributed by atoms with Gasteiger partial charge in [-0.3, -0.25) is 33.6 Å². The van der Waals surface area contributed by atoms with Crippen molar-refractivity contribution >= 4 is 65.0 Å². The van der Waals surface area contributed by atoms with E-state index in [9.17, 15) is 65.1 Å². The normalized spacial score (nSPS) is 26.6. The SMILES string of the molecule is CCCCCOc1ccc(CCNC(=O)Oc2cc(O)c3c(c2)[C@@H](C(=O)O)NC(=O)[C@H]2NC(=O)[C@H](NC(=O)[C@@H]4NC(=O)[C@H](CC(N)=O)NC(=O)[C@H](NC(=O)[C@@H](CC(C)C)NC)[C@H](O)c5ccc(c(C)c5)Oc5cc4cc(c5O[C@@H]4O[C@H](CO)[C@@H](O)[C@H](O)[C@H]4O[C@H]4C[C@](C)(N)[C@H](O)[C@H](C)O4)Oc4ccc(cc4Cl)[C@H]2O)c2ccc(O)c-3c2)cc1C. The molecular formula is C82H99ClN10O26. The average molecular weight is 1680 g/mol. The van der Waals surface area contributed by atoms with Crippen LogP contribution in [0, 0.1) is 19.8 Å². The number of hydrogen-bond donors (Lipinski definition) is 19. The molecule has 36 nitrogen and oxygen atoms in total. The number of carbonyl (C=O) groups is 9. The summed E-state index contributed by atoms with van der Waals surface area (Å²) in [6.45, 7) is 11.7. The number of carboxylic acid groups (broad SMARTS) is 1. The summed E-state index contributed by atoms with van der Waals surface area (Å²) in [6.07, 6.45) is -16.4. The number of hydrogen-bond acceptors (Lipinski definition) is 27. The number of carboxylic acids is 1. The number of likely N-dealkylation sites (N-methyl/N-ethyl adjacent to an activating group) is 1. The Morgan fingerprint density at radius 2 is 1.39 bits per heavy atom. The molecule has 0 radical (unpaired) electrons. The summed E-state index contributed by atoms with van der Waals surface area (Å²) in [5.74, 6) is -14.7. The number of nitrogens with two attached hydrogens (primary N) is 2. The Morgan fingerprint density at radius 3 is 2.04 bits per heavy atom. The molecule has 0 aliphatic carbocycles. The van der Waals surface area contributed by atoms with Crippen LogP contribution in [0.5, 0.6) is 51.7 Å². The minimum atomic E-state index is -2.35. The predicted octanol–water partition coefficient (Wildman–Crippen LogP) is 3.26. The second-order valence-electron chi connectivity index (χ2n) is 30.7. The lowest BCUT2D eigenvalue weighted by Crippen LogP contribution is -2.64. The number of phenolic OH excluding ortho intramolecular Hbond substituents is 2. The van der Waals surface area contributed by atoms with Gasteiger partial charge < -0.3 is 138 Å². The van der Waals surface area contributed by atoms with Crippen LogP contribution in [0.1, 0.15) is 148 Å². The van der Waals surface area contributed by atoms with Crippen LogP contribution < -0.4 is 77.7 Å². The van der Waals surface area contributed by atoms with Crippen LogP contribution in [0.4, 0.5) is 4.79 Å². The quantitative estimate of drug-likeness (QED) is 0.0434. The minimum absolute atomic E-state index is 0.00741. The molecule has 2 saturated heterocycles. The van der Waals surface area contributed by atoms with Crippen molar-refractivity contribution in [2.45, 2.75) is 203 Å². The van der Waals surface area contributed by atoms with Gasteiger partial charge in [0.15, 0.2) is 29.9 Å². The van der Waals surface area contributed by atoms with Crippen molar-refractivity contribution < 1.29 is 127 Å². The first-order chi connectivity index (χ1) is 56.4. The van der Waals surface area contributed by atoms with Gasteiger partial charge in [-0.2, -0.15) is 0 Å². The minimum Gasteiger partial charge on any atom is -0.507 e. The van der Waals surface area contributed by atoms with Crippen LogP contribution in [0.25, 0.3) is 11.1 Å². The average Bonchev–Trinajstić information content (AvgIpc) is 0.764. The number of aliphatic hydroxyl groups is 6. The highest BCUT2D eigenvalue weighted by Gasteiger charge is 2.52. The molecule has 7 aliphatic heterocycles. The number of carbonyl (C=O) groups excluding carboxylic acids is 8. The van der Waals surface area contributed by atoms with E-state index >= 15 is 24.0 Å². The van der Waals surface area contributed by atoms with Crippen LogP contribution in [0.15, 0.2) is 97.1 Å². The topological polar surface area (TPSA) is 558 Å². The molecule has 0 unspecified atom stereocenters. The molecule has 119 heavy (non-hydrogen) atoms. The highest BCUT2D eigenvalue weighted by Crippen LogP contribution is 2.50. The van der Waals surface area contributed by atoms with Crippen LogP contribution in [0.2, 0.25) is 5.02 Å². The number of primary amides is 1. The van der Waals surface area contributed by atoms with Gasteiger partial charge in [0.2, 0.25) is 53.4 Å². The molecule has 11 bridgehead atoms. The molecule has 6 aromatic rings. The maximum Gasteiger partial charge on any atom is 0.412 e. The molecule has 37 heteroatoms. The molecule has 0 aromatic heterocycles. The molecular weight excluding hydrogens is 1580 g/mol. The number of unbranched alkanes of at least 4 members (excludes halogenated alkanes) is 2. The van der Waals surface area contributed by atoms with Gasteiger partial charge in [0.1, 0.15) is 95.2 Å². The van der Waals surface area contributed by atoms with E-state index in [1.807, 2.05) is 39.0 Å². The highest BCUT2D eigenvalue weighted by molar-refractivity contribution is 6.32. The molecule has 640 valence electrons. The third kappa shape index (κ3) is 20.5. The summed E-state index contributed by atoms with van der Waals surface area (Å²) in [5.41, 5.74) is 10.00. The van der Waals surface area contributed by atoms with Crippen molar-refractivity contribution in [3.8, 4) is 62.9 Å². The number of aliphatic hydroxyl groups excluding tert-OH is 6. The number of halogens is 1. The number of aliphatic carboxylic acids is 1. The second kappa shape index (κ2) is 37.9. The van der Waals surface area contributed by atoms with Crippen molar-refractivity contribution in [3.05, 3.63) is 147 Å². The van der Waals surface area contributed by atoms with E-state index in [0.29, 0.717) is 18.8 Å². The lowest BCUT2D eigenvalue weighted by atomic mass is 9.86. The van der Waals surface area contributed by atoms with Gasteiger partial charge in [0.25, 0.3) is 0 Å². The Balaban J connectivity index is 1.09. The highest BCUT2D eigenvalue weighted by atomic mass is 35.5. The molecule has 13 rings (SSSR count). The van der Waals surface area contributed by atoms with Crippen molar-refractivity contribution in [1.82, 2.24) is 42.5 Å². The molecule has 21 N–H and O–H groups in total. The van der Waals surface area contributed by atoms with Crippen LogP contribution in [-0.4, -0.2) is 205 Å². The van der Waals surface area contributed by atoms with Crippen molar-refractivity contribution in [2.75, 3.05) is 26.8 Å². The number of rotatable bonds is 22. The molecule has 7 aliphatic rings. The zero-order chi connectivity index (χ0) is 86.3. The lowest BCUT2D eigenvalue weighted by molar-refractivity contribution is -0.333. The van der Waals surface area contributed by atoms with Crippen LogP contribution in [-0.2, 0) is 59.0 Å². The maximum atomic E-state index is 16.3. The summed E-state index contributed by atoms with van der Waals surface area (Å²) >= 11 is 7.16. The van der Waals surface area contributed by atoms with Gasteiger partial charge in [-0.15, -0.1) is 0 Å². The monoisotopic (exact) mass is 1670 g/mol. The molecule has 6 aromatic carbocycles. The van der Waals surface area contributed by atoms with Crippen molar-refractivity contribution in [3.63, 3.8) is 0 Å². The molecule has 18 atom stereocenters. The third-order valence-electron chi connectivity index (χ3n) is 21.1. The first-order valence-corrected chi connectivity index (χ1v) is 39.1. The van der Waals surface area contributed by atoms with Crippen molar-refractivity contribution in [1.29, 1.82) is 0 Å². The summed E-state index contributed by atoms with van der Waals surface area (Å²) < 4.78 is 50.4. The number of ether oxygens (including phenoxy) is 8. The van der Waals surface area contributed by atoms with Gasteiger partial charge >= 0.3 is 12.1 Å². The van der Waals surface area contributed by atoms with E-state index in [2.05, 4.69) is 49.5 Å². The summed E-state index contributed by atoms with van der Waals surface area (Å²) in [7, 11) is 1.49. The number of aryl methyl sites for hydroxylation is 2. The maximum absolute atomic E-state index is 16.3. The van der Waals surface area contributed by atoms with Crippen LogP contribution >= 0.6 is 11.6 Å². The first-order valence-electron chi connectivity index (χ1n) is 38.7. The standard InChI is InChI=1S/C82H99ClN10O26/c1-9-10-11-22-112-52-17-12-39(24-36(52)4)20-21-87-81(111)114-44-30-46-60(51(96)31-44)45-26-40(13-16-50(45)95)61-75(105)93-65(78(108)91-63(46)79(109)110)67(99)42-15-19-54(47(83)27-42)116-56-29-43-28-55(70(56)119-80-71(69(101)68(100)57(34-94)117-80)118-59-33-82(7,85)72(102)38(6)113-59)115-53-18-14-41(25-37(53)5)66(98)64(92-73(103)48(86-8)23-35(2)3)77(107)88-49(32-58(84)97)74(104)89-62(43)76(106)90-61/h12-19,24-31,35,38,48-49,57,59,61-69,71-72,80,86,94-96,98-102H,9-11,20-23,32-34,85H2,1-8H3,(H2,84,97)(H,87,111)(H,88,107)(H,89,104)(H,90,106)(H,91,108)(H,92,103)(H,93,105)(H,109,110)/t38-,48+,49-,57+,59-,61+,62+,63-,64+,65-,66+,67+,68+,69-,71+,72+,80-,82-/m0/s1. The molecule has 0 spiro atoms. The third-order valence-corrected chi connectivity index (χ3v) is 21.4. The fraction of sp³-hybridized carbons (Fsp3) is 0.451. The molecule has 7 heterocycles. The Bertz CT molecular complexity index is 4820. The fourth-order valence-corrected chi connectivity index (χ4v) is 15.0. The summed E-state index contributed by atoms with van der Waals surface area (Å²) in [4.78, 5) is 133. The van der Waals surface area contributed by atoms with E-state index in [1.54, 1.807) is 0 Å². The molecule has 0 saturated carbocycles. The van der Waals surface area contributed by atoms with Gasteiger partial charge in [0.05, 0.1) is 42.9 Å². The number of amides is 8. The summed E-state index contributed by atoms with van der Waals surface area (Å²) in [6, 6.07) is 5.60. The zero-order valence-electron chi connectivity index (χ0n) is 66.2. The Labute approximate surface area is 687 Å². The number of phenols is 2. The number of benzene rings is 6. The second-order valence-corrected chi connectivity index (χ2v) is 31.2. The Morgan fingerprint density at radius 1 is 0.723 bits per heavy atom. The Kier molecular flexibility index (Phi) is 28.3. The van der Waals surface area contributed by atoms with E-state index in [-0.39, 0.29) is 59.1 Å². The van der Waals surface area contributed by atoms with Gasteiger partial charge in [-0.25, -0.2) is 9.59 Å². The largest absolute Gasteiger partial charge is 0.507 e. The predicted molar refractivity (Wildman–Crippen MR) is 421 cm³/mol. The van der Waals surface area contributed by atoms with E-state index in [4.69, 9.17) is 61.0 Å². The molecule has 8 amide bonds.